The summed E-state index contributed by atoms with van der Waals surface area (Å²) in [4.78, 5) is -0.133. The Morgan fingerprint density at radius 1 is 0.404 bits per heavy atom. The van der Waals surface area contributed by atoms with E-state index in [0.717, 1.165) is 86.1 Å². The Labute approximate surface area is 387 Å². The van der Waals surface area contributed by atoms with Crippen molar-refractivity contribution in [2.24, 2.45) is 0 Å². The van der Waals surface area contributed by atoms with Crippen LogP contribution in [0.5, 0.6) is 0 Å². The summed E-state index contributed by atoms with van der Waals surface area (Å²) in [5, 5.41) is 3.04. The van der Waals surface area contributed by atoms with Crippen molar-refractivity contribution < 1.29 is 25.9 Å². The van der Waals surface area contributed by atoms with E-state index in [4.69, 9.17) is 0 Å². The predicted octanol–water partition coefficient (Wildman–Crippen LogP) is 13.2. The Hall–Kier alpha value is -1.21. The molecule has 0 spiro atoms. The number of rotatable bonds is 26. The first-order valence-corrected chi connectivity index (χ1v) is 24.8. The summed E-state index contributed by atoms with van der Waals surface area (Å²) in [7, 11) is -8.96. The van der Waals surface area contributed by atoms with Crippen LogP contribution in [0.15, 0.2) is 70.5 Å². The van der Waals surface area contributed by atoms with Crippen LogP contribution >= 0.6 is 0 Å². The van der Waals surface area contributed by atoms with Crippen molar-refractivity contribution in [1.29, 1.82) is 0 Å². The number of fused-ring (bicyclic) bond motifs is 2. The summed E-state index contributed by atoms with van der Waals surface area (Å²) < 4.78 is 70.9. The molecule has 0 fully saturated rings. The standard InChI is InChI=1S/2C24H36O3S.Ba/c2*1-3-5-7-9-11-14-20-18-21(15-12-10-8-6-4-2)24-22(19-20)16-13-17-23(24)28(25,26)27;/h2*13,16-19H,3-12,14-15H2,1-2H3,(H,25,26,27);/q;;+2/p-2. The van der Waals surface area contributed by atoms with Gasteiger partial charge in [-0.15, -0.1) is 0 Å². The van der Waals surface area contributed by atoms with Gasteiger partial charge in [0.25, 0.3) is 0 Å². The van der Waals surface area contributed by atoms with Crippen LogP contribution in [0.4, 0.5) is 0 Å². The van der Waals surface area contributed by atoms with Crippen molar-refractivity contribution >= 4 is 90.7 Å². The molecule has 57 heavy (non-hydrogen) atoms. The zero-order valence-electron chi connectivity index (χ0n) is 35.7. The van der Waals surface area contributed by atoms with E-state index in [0.29, 0.717) is 10.8 Å². The molecule has 9 heteroatoms. The van der Waals surface area contributed by atoms with Crippen LogP contribution in [0.3, 0.4) is 0 Å². The van der Waals surface area contributed by atoms with Gasteiger partial charge in [-0.25, -0.2) is 16.8 Å². The minimum absolute atomic E-state index is 0. The molecule has 0 saturated heterocycles. The van der Waals surface area contributed by atoms with Crippen LogP contribution in [0.1, 0.15) is 178 Å². The average molecular weight is 945 g/mol. The maximum atomic E-state index is 11.8. The fraction of sp³-hybridized carbons (Fsp3) is 0.583. The van der Waals surface area contributed by atoms with Crippen molar-refractivity contribution in [3.8, 4) is 0 Å². The van der Waals surface area contributed by atoms with Crippen LogP contribution in [0, 0.1) is 0 Å². The van der Waals surface area contributed by atoms with Gasteiger partial charge in [0.2, 0.25) is 0 Å². The van der Waals surface area contributed by atoms with Gasteiger partial charge in [0.15, 0.2) is 0 Å². The second kappa shape index (κ2) is 28.3. The summed E-state index contributed by atoms with van der Waals surface area (Å²) >= 11 is 0. The molecule has 0 aromatic heterocycles. The minimum Gasteiger partial charge on any atom is -0.744 e. The molecule has 0 N–H and O–H groups in total. The van der Waals surface area contributed by atoms with Crippen LogP contribution in [0.2, 0.25) is 0 Å². The molecule has 4 aromatic rings. The van der Waals surface area contributed by atoms with Gasteiger partial charge >= 0.3 is 48.9 Å². The monoisotopic (exact) mass is 944 g/mol. The van der Waals surface area contributed by atoms with Gasteiger partial charge in [0, 0.05) is 10.8 Å². The molecule has 4 rings (SSSR count). The van der Waals surface area contributed by atoms with E-state index >= 15 is 0 Å². The smallest absolute Gasteiger partial charge is 0.744 e. The van der Waals surface area contributed by atoms with Gasteiger partial charge < -0.3 is 9.11 Å². The average Bonchev–Trinajstić information content (AvgIpc) is 3.16. The molecule has 4 aromatic carbocycles. The quantitative estimate of drug-likeness (QED) is 0.0352. The van der Waals surface area contributed by atoms with Gasteiger partial charge in [0.05, 0.1) is 9.79 Å². The maximum absolute atomic E-state index is 11.8. The first kappa shape index (κ1) is 51.9. The largest absolute Gasteiger partial charge is 2.00 e. The summed E-state index contributed by atoms with van der Waals surface area (Å²) in [5.74, 6) is 0. The molecule has 0 heterocycles. The zero-order chi connectivity index (χ0) is 40.8. The number of hydrogen-bond donors (Lipinski definition) is 0. The maximum Gasteiger partial charge on any atom is 2.00 e. The number of unbranched alkanes of at least 4 members (excludes halogenated alkanes) is 16. The summed E-state index contributed by atoms with van der Waals surface area (Å²) in [6, 6.07) is 18.6. The Bertz CT molecular complexity index is 1830. The normalized spacial score (nSPS) is 11.8. The molecule has 0 aliphatic heterocycles. The third kappa shape index (κ3) is 18.5. The molecular formula is C48H70BaO6S2. The van der Waals surface area contributed by atoms with E-state index < -0.39 is 20.2 Å². The van der Waals surface area contributed by atoms with Gasteiger partial charge in [-0.05, 0) is 96.5 Å². The van der Waals surface area contributed by atoms with Crippen molar-refractivity contribution in [3.05, 3.63) is 82.9 Å². The van der Waals surface area contributed by atoms with Crippen LogP contribution in [-0.4, -0.2) is 74.8 Å². The molecule has 0 atom stereocenters. The molecule has 0 amide bonds. The van der Waals surface area contributed by atoms with Gasteiger partial charge in [0.1, 0.15) is 20.2 Å². The molecule has 0 aliphatic rings. The van der Waals surface area contributed by atoms with E-state index in [2.05, 4.69) is 52.0 Å². The Morgan fingerprint density at radius 2 is 0.702 bits per heavy atom. The number of aryl methyl sites for hydroxylation is 4. The van der Waals surface area contributed by atoms with E-state index in [9.17, 15) is 25.9 Å². The van der Waals surface area contributed by atoms with E-state index in [1.807, 2.05) is 12.1 Å². The van der Waals surface area contributed by atoms with Crippen molar-refractivity contribution in [1.82, 2.24) is 0 Å². The predicted molar refractivity (Wildman–Crippen MR) is 239 cm³/mol. The first-order valence-electron chi connectivity index (χ1n) is 21.9. The Morgan fingerprint density at radius 3 is 1.00 bits per heavy atom. The van der Waals surface area contributed by atoms with Gasteiger partial charge in [-0.1, -0.05) is 179 Å². The molecule has 0 saturated carbocycles. The third-order valence-corrected chi connectivity index (χ3v) is 12.7. The second-order valence-electron chi connectivity index (χ2n) is 15.8. The molecule has 0 aliphatic carbocycles. The second-order valence-corrected chi connectivity index (χ2v) is 18.5. The SMILES string of the molecule is CCCCCCCc1cc(CCCCCCC)c2c(S(=O)(=O)[O-])cccc2c1.CCCCCCCc1cc(CCCCCCC)c2c(S(=O)(=O)[O-])cccc2c1.[Ba+2]. The number of hydrogen-bond acceptors (Lipinski definition) is 6. The van der Waals surface area contributed by atoms with Crippen LogP contribution < -0.4 is 0 Å². The van der Waals surface area contributed by atoms with E-state index in [1.165, 1.54) is 113 Å². The third-order valence-electron chi connectivity index (χ3n) is 10.9. The topological polar surface area (TPSA) is 114 Å². The minimum atomic E-state index is -4.48. The summed E-state index contributed by atoms with van der Waals surface area (Å²) in [6.07, 6.45) is 27.7. The summed E-state index contributed by atoms with van der Waals surface area (Å²) in [6.45, 7) is 8.83. The molecule has 0 bridgehead atoms. The molecular weight excluding hydrogens is 874 g/mol. The fourth-order valence-electron chi connectivity index (χ4n) is 7.90. The molecule has 0 unspecified atom stereocenters. The van der Waals surface area contributed by atoms with E-state index in [-0.39, 0.29) is 58.7 Å². The zero-order valence-corrected chi connectivity index (χ0v) is 41.8. The number of benzene rings is 4. The van der Waals surface area contributed by atoms with Crippen molar-refractivity contribution in [2.45, 2.75) is 192 Å². The molecule has 312 valence electrons. The molecule has 0 radical (unpaired) electrons. The molecule has 6 nitrogen and oxygen atoms in total. The summed E-state index contributed by atoms with van der Waals surface area (Å²) in [5.41, 5.74) is 4.56. The van der Waals surface area contributed by atoms with Crippen molar-refractivity contribution in [3.63, 3.8) is 0 Å². The Balaban J connectivity index is 0.000000387. The van der Waals surface area contributed by atoms with Crippen LogP contribution in [0.25, 0.3) is 21.5 Å². The van der Waals surface area contributed by atoms with Crippen molar-refractivity contribution in [2.75, 3.05) is 0 Å². The van der Waals surface area contributed by atoms with Gasteiger partial charge in [-0.3, -0.25) is 0 Å². The van der Waals surface area contributed by atoms with Crippen LogP contribution in [-0.2, 0) is 45.9 Å². The Kier molecular flexibility index (Phi) is 25.8. The van der Waals surface area contributed by atoms with Gasteiger partial charge in [-0.2, -0.15) is 0 Å². The first-order chi connectivity index (χ1) is 26.9. The fourth-order valence-corrected chi connectivity index (χ4v) is 9.39. The van der Waals surface area contributed by atoms with E-state index in [1.54, 1.807) is 12.1 Å².